The van der Waals surface area contributed by atoms with Gasteiger partial charge in [0.2, 0.25) is 0 Å². The average Bonchev–Trinajstić information content (AvgIpc) is 2.54. The Labute approximate surface area is 65.0 Å². The van der Waals surface area contributed by atoms with Gasteiger partial charge < -0.3 is 9.63 Å². The van der Waals surface area contributed by atoms with Crippen LogP contribution < -0.4 is 0 Å². The Kier molecular flexibility index (Phi) is 1.29. The van der Waals surface area contributed by atoms with Gasteiger partial charge in [0, 0.05) is 12.0 Å². The summed E-state index contributed by atoms with van der Waals surface area (Å²) >= 11 is 0. The van der Waals surface area contributed by atoms with Crippen molar-refractivity contribution in [3.8, 4) is 0 Å². The molecule has 0 bridgehead atoms. The van der Waals surface area contributed by atoms with Crippen LogP contribution in [0.25, 0.3) is 0 Å². The number of aromatic nitrogens is 1. The second-order valence-electron chi connectivity index (χ2n) is 3.31. The third-order valence-electron chi connectivity index (χ3n) is 2.20. The summed E-state index contributed by atoms with van der Waals surface area (Å²) in [6.45, 7) is 1.87. The van der Waals surface area contributed by atoms with E-state index >= 15 is 0 Å². The summed E-state index contributed by atoms with van der Waals surface area (Å²) in [6, 6.07) is 0. The van der Waals surface area contributed by atoms with Gasteiger partial charge in [0.05, 0.1) is 11.8 Å². The Balaban J connectivity index is 2.12. The van der Waals surface area contributed by atoms with E-state index in [0.717, 1.165) is 24.2 Å². The summed E-state index contributed by atoms with van der Waals surface area (Å²) in [6.07, 6.45) is 4.21. The van der Waals surface area contributed by atoms with Crippen molar-refractivity contribution in [1.82, 2.24) is 5.16 Å². The highest BCUT2D eigenvalue weighted by Gasteiger charge is 2.40. The second-order valence-corrected chi connectivity index (χ2v) is 3.31. The molecule has 0 spiro atoms. The maximum atomic E-state index is 9.56. The molecule has 3 heteroatoms. The monoisotopic (exact) mass is 153 g/mol. The van der Waals surface area contributed by atoms with E-state index in [1.165, 1.54) is 0 Å². The first-order valence-corrected chi connectivity index (χ1v) is 3.82. The van der Waals surface area contributed by atoms with Crippen LogP contribution >= 0.6 is 0 Å². The van der Waals surface area contributed by atoms with Crippen LogP contribution in [-0.2, 0) is 6.42 Å². The SMILES string of the molecule is Cc1oncc1CC1(O)CC1. The molecular formula is C8H11NO2. The smallest absolute Gasteiger partial charge is 0.136 e. The van der Waals surface area contributed by atoms with Gasteiger partial charge in [0.1, 0.15) is 5.76 Å². The number of hydrogen-bond acceptors (Lipinski definition) is 3. The molecule has 1 aliphatic carbocycles. The molecule has 60 valence electrons. The third-order valence-corrected chi connectivity index (χ3v) is 2.20. The largest absolute Gasteiger partial charge is 0.390 e. The Morgan fingerprint density at radius 2 is 2.45 bits per heavy atom. The van der Waals surface area contributed by atoms with Crippen molar-refractivity contribution in [2.45, 2.75) is 31.8 Å². The molecule has 0 aliphatic heterocycles. The van der Waals surface area contributed by atoms with Gasteiger partial charge in [0.15, 0.2) is 0 Å². The van der Waals surface area contributed by atoms with Gasteiger partial charge in [-0.25, -0.2) is 0 Å². The van der Waals surface area contributed by atoms with Gasteiger partial charge in [-0.3, -0.25) is 0 Å². The van der Waals surface area contributed by atoms with Crippen molar-refractivity contribution in [2.75, 3.05) is 0 Å². The lowest BCUT2D eigenvalue weighted by molar-refractivity contribution is 0.150. The number of rotatable bonds is 2. The fraction of sp³-hybridized carbons (Fsp3) is 0.625. The first kappa shape index (κ1) is 6.85. The molecule has 0 aromatic carbocycles. The fourth-order valence-electron chi connectivity index (χ4n) is 1.16. The van der Waals surface area contributed by atoms with E-state index in [9.17, 15) is 5.11 Å². The van der Waals surface area contributed by atoms with Crippen molar-refractivity contribution in [3.05, 3.63) is 17.5 Å². The highest BCUT2D eigenvalue weighted by Crippen LogP contribution is 2.38. The Morgan fingerprint density at radius 1 is 1.73 bits per heavy atom. The molecule has 0 saturated heterocycles. The minimum Gasteiger partial charge on any atom is -0.390 e. The predicted octanol–water partition coefficient (Wildman–Crippen LogP) is 1.05. The second kappa shape index (κ2) is 2.08. The Bertz CT molecular complexity index is 263. The quantitative estimate of drug-likeness (QED) is 0.690. The first-order chi connectivity index (χ1) is 5.20. The number of nitrogens with zero attached hydrogens (tertiary/aromatic N) is 1. The van der Waals surface area contributed by atoms with Crippen LogP contribution in [-0.4, -0.2) is 15.9 Å². The summed E-state index contributed by atoms with van der Waals surface area (Å²) in [5, 5.41) is 13.2. The van der Waals surface area contributed by atoms with Crippen molar-refractivity contribution in [1.29, 1.82) is 0 Å². The van der Waals surface area contributed by atoms with Gasteiger partial charge >= 0.3 is 0 Å². The summed E-state index contributed by atoms with van der Waals surface area (Å²) < 4.78 is 4.88. The molecule has 2 rings (SSSR count). The van der Waals surface area contributed by atoms with Gasteiger partial charge in [-0.1, -0.05) is 5.16 Å². The van der Waals surface area contributed by atoms with Gasteiger partial charge in [-0.05, 0) is 19.8 Å². The normalized spacial score (nSPS) is 20.2. The summed E-state index contributed by atoms with van der Waals surface area (Å²) in [7, 11) is 0. The van der Waals surface area contributed by atoms with Crippen LogP contribution in [0.15, 0.2) is 10.7 Å². The van der Waals surface area contributed by atoms with Crippen LogP contribution in [0.1, 0.15) is 24.2 Å². The molecule has 1 saturated carbocycles. The average molecular weight is 153 g/mol. The van der Waals surface area contributed by atoms with Crippen molar-refractivity contribution >= 4 is 0 Å². The standard InChI is InChI=1S/C8H11NO2/c1-6-7(5-9-11-6)4-8(10)2-3-8/h5,10H,2-4H2,1H3. The molecular weight excluding hydrogens is 142 g/mol. The molecule has 1 aromatic heterocycles. The Morgan fingerprint density at radius 3 is 2.91 bits per heavy atom. The van der Waals surface area contributed by atoms with Gasteiger partial charge in [-0.15, -0.1) is 0 Å². The molecule has 0 atom stereocenters. The minimum atomic E-state index is -0.434. The van der Waals surface area contributed by atoms with E-state index in [2.05, 4.69) is 5.16 Å². The van der Waals surface area contributed by atoms with E-state index in [-0.39, 0.29) is 0 Å². The van der Waals surface area contributed by atoms with E-state index in [4.69, 9.17) is 4.52 Å². The lowest BCUT2D eigenvalue weighted by atomic mass is 10.1. The highest BCUT2D eigenvalue weighted by molar-refractivity contribution is 5.17. The molecule has 1 N–H and O–H groups in total. The molecule has 1 heterocycles. The number of aryl methyl sites for hydroxylation is 1. The molecule has 1 fully saturated rings. The molecule has 11 heavy (non-hydrogen) atoms. The first-order valence-electron chi connectivity index (χ1n) is 3.82. The lowest BCUT2D eigenvalue weighted by Crippen LogP contribution is -2.10. The number of aliphatic hydroxyl groups is 1. The maximum Gasteiger partial charge on any atom is 0.136 e. The lowest BCUT2D eigenvalue weighted by Gasteiger charge is -2.03. The third kappa shape index (κ3) is 1.28. The summed E-state index contributed by atoms with van der Waals surface area (Å²) in [4.78, 5) is 0. The van der Waals surface area contributed by atoms with E-state index in [0.29, 0.717) is 6.42 Å². The molecule has 0 unspecified atom stereocenters. The summed E-state index contributed by atoms with van der Waals surface area (Å²) in [5.41, 5.74) is 0.598. The van der Waals surface area contributed by atoms with E-state index < -0.39 is 5.60 Å². The summed E-state index contributed by atoms with van der Waals surface area (Å²) in [5.74, 6) is 0.824. The van der Waals surface area contributed by atoms with Crippen LogP contribution in [0.3, 0.4) is 0 Å². The molecule has 0 amide bonds. The molecule has 1 aromatic rings. The zero-order chi connectivity index (χ0) is 7.90. The Hall–Kier alpha value is -0.830. The zero-order valence-corrected chi connectivity index (χ0v) is 6.50. The van der Waals surface area contributed by atoms with E-state index in [1.807, 2.05) is 6.92 Å². The number of hydrogen-bond donors (Lipinski definition) is 1. The predicted molar refractivity (Wildman–Crippen MR) is 39.1 cm³/mol. The van der Waals surface area contributed by atoms with E-state index in [1.54, 1.807) is 6.20 Å². The van der Waals surface area contributed by atoms with Crippen molar-refractivity contribution in [2.24, 2.45) is 0 Å². The van der Waals surface area contributed by atoms with Crippen molar-refractivity contribution in [3.63, 3.8) is 0 Å². The molecule has 1 aliphatic rings. The van der Waals surface area contributed by atoms with Crippen LogP contribution in [0, 0.1) is 6.92 Å². The van der Waals surface area contributed by atoms with Gasteiger partial charge in [-0.2, -0.15) is 0 Å². The fourth-order valence-corrected chi connectivity index (χ4v) is 1.16. The molecule has 3 nitrogen and oxygen atoms in total. The zero-order valence-electron chi connectivity index (χ0n) is 6.50. The van der Waals surface area contributed by atoms with Gasteiger partial charge in [0.25, 0.3) is 0 Å². The topological polar surface area (TPSA) is 46.3 Å². The van der Waals surface area contributed by atoms with Crippen molar-refractivity contribution < 1.29 is 9.63 Å². The van der Waals surface area contributed by atoms with Crippen LogP contribution in [0.5, 0.6) is 0 Å². The van der Waals surface area contributed by atoms with Crippen LogP contribution in [0.4, 0.5) is 0 Å². The molecule has 0 radical (unpaired) electrons. The highest BCUT2D eigenvalue weighted by atomic mass is 16.5. The minimum absolute atomic E-state index is 0.434. The maximum absolute atomic E-state index is 9.56. The van der Waals surface area contributed by atoms with Crippen LogP contribution in [0.2, 0.25) is 0 Å².